The summed E-state index contributed by atoms with van der Waals surface area (Å²) in [5.74, 6) is -0.0370. The molecule has 0 fully saturated rings. The summed E-state index contributed by atoms with van der Waals surface area (Å²) in [4.78, 5) is 11.2. The summed E-state index contributed by atoms with van der Waals surface area (Å²) < 4.78 is 5.23. The molecule has 0 aromatic heterocycles. The standard InChI is InChI=1S/C11H18O2/c1-2-3-4-9-11(12)13-10-7-5-6-8-10/h5,7,10H,2-4,6,8-9H2,1H3. The number of allylic oxidation sites excluding steroid dienone is 1. The molecule has 0 N–H and O–H groups in total. The molecule has 0 aromatic carbocycles. The second-order valence-electron chi connectivity index (χ2n) is 3.49. The van der Waals surface area contributed by atoms with E-state index < -0.39 is 0 Å². The molecule has 0 radical (unpaired) electrons. The van der Waals surface area contributed by atoms with E-state index in [0.29, 0.717) is 6.42 Å². The van der Waals surface area contributed by atoms with E-state index in [2.05, 4.69) is 13.0 Å². The van der Waals surface area contributed by atoms with Crippen molar-refractivity contribution >= 4 is 5.97 Å². The number of unbranched alkanes of at least 4 members (excludes halogenated alkanes) is 2. The summed E-state index contributed by atoms with van der Waals surface area (Å²) >= 11 is 0. The third kappa shape index (κ3) is 4.11. The van der Waals surface area contributed by atoms with Crippen molar-refractivity contribution in [3.8, 4) is 0 Å². The van der Waals surface area contributed by atoms with Crippen molar-refractivity contribution in [3.05, 3.63) is 12.2 Å². The molecular weight excluding hydrogens is 164 g/mol. The van der Waals surface area contributed by atoms with Gasteiger partial charge in [0.15, 0.2) is 0 Å². The Labute approximate surface area is 80.0 Å². The molecule has 0 aliphatic heterocycles. The topological polar surface area (TPSA) is 26.3 Å². The number of esters is 1. The summed E-state index contributed by atoms with van der Waals surface area (Å²) in [6.07, 6.45) is 9.96. The Balaban J connectivity index is 2.06. The monoisotopic (exact) mass is 182 g/mol. The first kappa shape index (κ1) is 10.3. The molecule has 1 atom stereocenters. The van der Waals surface area contributed by atoms with Gasteiger partial charge in [-0.05, 0) is 25.3 Å². The van der Waals surface area contributed by atoms with Crippen LogP contribution in [0.15, 0.2) is 12.2 Å². The van der Waals surface area contributed by atoms with E-state index in [1.165, 1.54) is 0 Å². The van der Waals surface area contributed by atoms with Gasteiger partial charge in [-0.15, -0.1) is 0 Å². The fourth-order valence-corrected chi connectivity index (χ4v) is 1.45. The summed E-state index contributed by atoms with van der Waals surface area (Å²) in [6, 6.07) is 0. The van der Waals surface area contributed by atoms with E-state index >= 15 is 0 Å². The Morgan fingerprint density at radius 2 is 2.38 bits per heavy atom. The lowest BCUT2D eigenvalue weighted by atomic mass is 10.2. The average Bonchev–Trinajstić information content (AvgIpc) is 2.57. The molecule has 1 rings (SSSR count). The van der Waals surface area contributed by atoms with Gasteiger partial charge in [0.1, 0.15) is 6.10 Å². The van der Waals surface area contributed by atoms with Gasteiger partial charge in [0.2, 0.25) is 0 Å². The second kappa shape index (κ2) is 5.79. The van der Waals surface area contributed by atoms with Crippen LogP contribution in [-0.4, -0.2) is 12.1 Å². The zero-order chi connectivity index (χ0) is 9.52. The van der Waals surface area contributed by atoms with Crippen LogP contribution in [0.4, 0.5) is 0 Å². The first-order valence-electron chi connectivity index (χ1n) is 5.19. The molecular formula is C11H18O2. The molecule has 74 valence electrons. The van der Waals surface area contributed by atoms with Crippen LogP contribution in [0, 0.1) is 0 Å². The van der Waals surface area contributed by atoms with Crippen LogP contribution in [0.3, 0.4) is 0 Å². The fraction of sp³-hybridized carbons (Fsp3) is 0.727. The van der Waals surface area contributed by atoms with Crippen molar-refractivity contribution in [1.82, 2.24) is 0 Å². The van der Waals surface area contributed by atoms with Crippen molar-refractivity contribution in [1.29, 1.82) is 0 Å². The van der Waals surface area contributed by atoms with E-state index in [-0.39, 0.29) is 12.1 Å². The van der Waals surface area contributed by atoms with E-state index in [1.54, 1.807) is 0 Å². The van der Waals surface area contributed by atoms with Crippen LogP contribution < -0.4 is 0 Å². The molecule has 1 unspecified atom stereocenters. The number of carbonyl (C=O) groups is 1. The van der Waals surface area contributed by atoms with E-state index in [4.69, 9.17) is 4.74 Å². The average molecular weight is 182 g/mol. The van der Waals surface area contributed by atoms with Crippen molar-refractivity contribution in [2.75, 3.05) is 0 Å². The third-order valence-electron chi connectivity index (χ3n) is 2.24. The molecule has 0 bridgehead atoms. The highest BCUT2D eigenvalue weighted by Gasteiger charge is 2.13. The Morgan fingerprint density at radius 1 is 1.54 bits per heavy atom. The van der Waals surface area contributed by atoms with Crippen molar-refractivity contribution in [3.63, 3.8) is 0 Å². The van der Waals surface area contributed by atoms with Crippen molar-refractivity contribution < 1.29 is 9.53 Å². The molecule has 1 aliphatic carbocycles. The van der Waals surface area contributed by atoms with Crippen molar-refractivity contribution in [2.24, 2.45) is 0 Å². The maximum atomic E-state index is 11.2. The van der Waals surface area contributed by atoms with Gasteiger partial charge in [-0.25, -0.2) is 0 Å². The van der Waals surface area contributed by atoms with Crippen LogP contribution in [0.25, 0.3) is 0 Å². The van der Waals surface area contributed by atoms with E-state index in [9.17, 15) is 4.79 Å². The third-order valence-corrected chi connectivity index (χ3v) is 2.24. The lowest BCUT2D eigenvalue weighted by Gasteiger charge is -2.09. The number of hydrogen-bond acceptors (Lipinski definition) is 2. The highest BCUT2D eigenvalue weighted by Crippen LogP contribution is 2.14. The summed E-state index contributed by atoms with van der Waals surface area (Å²) in [6.45, 7) is 2.13. The van der Waals surface area contributed by atoms with Gasteiger partial charge in [0.05, 0.1) is 0 Å². The molecule has 13 heavy (non-hydrogen) atoms. The zero-order valence-corrected chi connectivity index (χ0v) is 8.29. The van der Waals surface area contributed by atoms with E-state index in [1.807, 2.05) is 6.08 Å². The van der Waals surface area contributed by atoms with Gasteiger partial charge in [0, 0.05) is 6.42 Å². The molecule has 0 saturated carbocycles. The van der Waals surface area contributed by atoms with Crippen LogP contribution in [-0.2, 0) is 9.53 Å². The summed E-state index contributed by atoms with van der Waals surface area (Å²) in [7, 11) is 0. The largest absolute Gasteiger partial charge is 0.458 e. The second-order valence-corrected chi connectivity index (χ2v) is 3.49. The predicted molar refractivity (Wildman–Crippen MR) is 52.4 cm³/mol. The Kier molecular flexibility index (Phi) is 4.58. The Bertz CT molecular complexity index is 185. The SMILES string of the molecule is CCCCCC(=O)OC1C=CCC1. The smallest absolute Gasteiger partial charge is 0.306 e. The minimum absolute atomic E-state index is 0.0370. The van der Waals surface area contributed by atoms with Gasteiger partial charge in [-0.2, -0.15) is 0 Å². The molecule has 2 heteroatoms. The number of rotatable bonds is 5. The number of ether oxygens (including phenoxy) is 1. The van der Waals surface area contributed by atoms with Gasteiger partial charge < -0.3 is 4.74 Å². The lowest BCUT2D eigenvalue weighted by Crippen LogP contribution is -2.13. The molecule has 2 nitrogen and oxygen atoms in total. The number of carbonyl (C=O) groups excluding carboxylic acids is 1. The van der Waals surface area contributed by atoms with Crippen LogP contribution in [0.2, 0.25) is 0 Å². The molecule has 0 spiro atoms. The van der Waals surface area contributed by atoms with E-state index in [0.717, 1.165) is 32.1 Å². The van der Waals surface area contributed by atoms with Gasteiger partial charge in [-0.1, -0.05) is 25.8 Å². The molecule has 0 heterocycles. The van der Waals surface area contributed by atoms with Crippen LogP contribution in [0.5, 0.6) is 0 Å². The maximum Gasteiger partial charge on any atom is 0.306 e. The Hall–Kier alpha value is -0.790. The highest BCUT2D eigenvalue weighted by atomic mass is 16.5. The quantitative estimate of drug-likeness (QED) is 0.371. The van der Waals surface area contributed by atoms with Gasteiger partial charge >= 0.3 is 5.97 Å². The first-order valence-corrected chi connectivity index (χ1v) is 5.19. The summed E-state index contributed by atoms with van der Waals surface area (Å²) in [5.41, 5.74) is 0. The zero-order valence-electron chi connectivity index (χ0n) is 8.29. The predicted octanol–water partition coefficient (Wildman–Crippen LogP) is 2.83. The minimum atomic E-state index is -0.0370. The van der Waals surface area contributed by atoms with Gasteiger partial charge in [0.25, 0.3) is 0 Å². The molecule has 1 aliphatic rings. The maximum absolute atomic E-state index is 11.2. The van der Waals surface area contributed by atoms with Crippen molar-refractivity contribution in [2.45, 2.75) is 51.6 Å². The highest BCUT2D eigenvalue weighted by molar-refractivity contribution is 5.69. The normalized spacial score (nSPS) is 20.5. The van der Waals surface area contributed by atoms with Gasteiger partial charge in [-0.3, -0.25) is 4.79 Å². The van der Waals surface area contributed by atoms with Crippen LogP contribution in [0.1, 0.15) is 45.4 Å². The molecule has 0 amide bonds. The summed E-state index contributed by atoms with van der Waals surface area (Å²) in [5, 5.41) is 0. The number of hydrogen-bond donors (Lipinski definition) is 0. The first-order chi connectivity index (χ1) is 6.33. The van der Waals surface area contributed by atoms with Crippen LogP contribution >= 0.6 is 0 Å². The fourth-order valence-electron chi connectivity index (χ4n) is 1.45. The minimum Gasteiger partial charge on any atom is -0.458 e. The lowest BCUT2D eigenvalue weighted by molar-refractivity contribution is -0.146. The Morgan fingerprint density at radius 3 is 3.00 bits per heavy atom. The molecule has 0 saturated heterocycles. The molecule has 0 aromatic rings.